The van der Waals surface area contributed by atoms with Crippen LogP contribution in [0.3, 0.4) is 0 Å². The number of aryl methyl sites for hydroxylation is 1. The van der Waals surface area contributed by atoms with Crippen LogP contribution in [0.4, 0.5) is 0 Å². The summed E-state index contributed by atoms with van der Waals surface area (Å²) in [5, 5.41) is 0. The summed E-state index contributed by atoms with van der Waals surface area (Å²) < 4.78 is 2.15. The van der Waals surface area contributed by atoms with Crippen LogP contribution in [-0.2, 0) is 13.5 Å². The number of aromatic nitrogens is 3. The van der Waals surface area contributed by atoms with Gasteiger partial charge in [0.15, 0.2) is 0 Å². The molecular formula is C14H22N4. The third-order valence-corrected chi connectivity index (χ3v) is 3.39. The highest BCUT2D eigenvalue weighted by atomic mass is 15.1. The second-order valence-electron chi connectivity index (χ2n) is 5.39. The fourth-order valence-electron chi connectivity index (χ4n) is 2.47. The summed E-state index contributed by atoms with van der Waals surface area (Å²) in [6.45, 7) is 5.20. The topological polar surface area (TPSA) is 56.7 Å². The number of rotatable bonds is 5. The Bertz CT molecular complexity index is 515. The Balaban J connectivity index is 2.22. The van der Waals surface area contributed by atoms with E-state index in [1.807, 2.05) is 18.5 Å². The third kappa shape index (κ3) is 2.70. The van der Waals surface area contributed by atoms with Crippen LogP contribution in [0.2, 0.25) is 0 Å². The van der Waals surface area contributed by atoms with E-state index in [0.29, 0.717) is 11.8 Å². The quantitative estimate of drug-likeness (QED) is 0.879. The molecule has 0 spiro atoms. The molecule has 0 bridgehead atoms. The molecule has 2 N–H and O–H groups in total. The molecule has 0 aliphatic carbocycles. The predicted molar refractivity (Wildman–Crippen MR) is 74.2 cm³/mol. The maximum atomic E-state index is 5.86. The molecule has 2 aromatic rings. The Labute approximate surface area is 108 Å². The molecule has 0 radical (unpaired) electrons. The molecule has 0 amide bonds. The minimum atomic E-state index is 0.508. The molecule has 0 aliphatic rings. The fourth-order valence-corrected chi connectivity index (χ4v) is 2.47. The Morgan fingerprint density at radius 1 is 1.39 bits per heavy atom. The van der Waals surface area contributed by atoms with E-state index in [9.17, 15) is 0 Å². The average Bonchev–Trinajstić information content (AvgIpc) is 2.66. The molecule has 0 saturated heterocycles. The molecule has 18 heavy (non-hydrogen) atoms. The molecule has 0 saturated carbocycles. The Hall–Kier alpha value is -1.42. The van der Waals surface area contributed by atoms with Gasteiger partial charge in [-0.25, -0.2) is 4.98 Å². The Morgan fingerprint density at radius 3 is 2.78 bits per heavy atom. The first-order valence-corrected chi connectivity index (χ1v) is 6.57. The van der Waals surface area contributed by atoms with Gasteiger partial charge in [0.2, 0.25) is 0 Å². The minimum Gasteiger partial charge on any atom is -0.331 e. The van der Waals surface area contributed by atoms with Crippen LogP contribution in [0, 0.1) is 11.8 Å². The van der Waals surface area contributed by atoms with Crippen molar-refractivity contribution in [1.82, 2.24) is 14.5 Å². The summed E-state index contributed by atoms with van der Waals surface area (Å²) in [5.74, 6) is 2.29. The first-order chi connectivity index (χ1) is 8.61. The molecule has 4 heteroatoms. The second-order valence-corrected chi connectivity index (χ2v) is 5.39. The monoisotopic (exact) mass is 246 g/mol. The van der Waals surface area contributed by atoms with Gasteiger partial charge in [-0.05, 0) is 30.9 Å². The lowest BCUT2D eigenvalue weighted by atomic mass is 9.94. The summed E-state index contributed by atoms with van der Waals surface area (Å²) in [6, 6.07) is 2.01. The van der Waals surface area contributed by atoms with Crippen molar-refractivity contribution >= 4 is 11.0 Å². The van der Waals surface area contributed by atoms with Crippen LogP contribution in [0.25, 0.3) is 11.0 Å². The van der Waals surface area contributed by atoms with Crippen molar-refractivity contribution in [3.63, 3.8) is 0 Å². The summed E-state index contributed by atoms with van der Waals surface area (Å²) in [4.78, 5) is 8.77. The van der Waals surface area contributed by atoms with Gasteiger partial charge in [-0.2, -0.15) is 0 Å². The number of hydrogen-bond acceptors (Lipinski definition) is 3. The molecule has 0 fully saturated rings. The van der Waals surface area contributed by atoms with Crippen molar-refractivity contribution in [3.05, 3.63) is 24.3 Å². The molecule has 0 aromatic carbocycles. The third-order valence-electron chi connectivity index (χ3n) is 3.39. The van der Waals surface area contributed by atoms with Gasteiger partial charge in [0.05, 0.1) is 11.7 Å². The van der Waals surface area contributed by atoms with Gasteiger partial charge >= 0.3 is 0 Å². The first kappa shape index (κ1) is 13.0. The zero-order chi connectivity index (χ0) is 13.1. The molecule has 2 heterocycles. The molecule has 98 valence electrons. The van der Waals surface area contributed by atoms with Gasteiger partial charge in [0, 0.05) is 19.7 Å². The smallest absolute Gasteiger partial charge is 0.109 e. The van der Waals surface area contributed by atoms with Crippen LogP contribution >= 0.6 is 0 Å². The van der Waals surface area contributed by atoms with Crippen molar-refractivity contribution in [3.8, 4) is 0 Å². The highest BCUT2D eigenvalue weighted by molar-refractivity contribution is 5.74. The van der Waals surface area contributed by atoms with Gasteiger partial charge in [-0.15, -0.1) is 0 Å². The number of hydrogen-bond donors (Lipinski definition) is 1. The number of nitrogens with zero attached hydrogens (tertiary/aromatic N) is 3. The first-order valence-electron chi connectivity index (χ1n) is 6.57. The van der Waals surface area contributed by atoms with Crippen molar-refractivity contribution in [2.45, 2.75) is 26.7 Å². The maximum Gasteiger partial charge on any atom is 0.109 e. The highest BCUT2D eigenvalue weighted by Gasteiger charge is 2.14. The van der Waals surface area contributed by atoms with Gasteiger partial charge in [-0.3, -0.25) is 4.98 Å². The lowest BCUT2D eigenvalue weighted by Crippen LogP contribution is -2.20. The molecule has 4 nitrogen and oxygen atoms in total. The molecule has 2 rings (SSSR count). The summed E-state index contributed by atoms with van der Waals surface area (Å²) >= 11 is 0. The number of fused-ring (bicyclic) bond motifs is 1. The van der Waals surface area contributed by atoms with Gasteiger partial charge < -0.3 is 10.3 Å². The largest absolute Gasteiger partial charge is 0.331 e. The van der Waals surface area contributed by atoms with E-state index in [4.69, 9.17) is 5.73 Å². The zero-order valence-corrected chi connectivity index (χ0v) is 11.4. The van der Waals surface area contributed by atoms with Crippen molar-refractivity contribution in [2.24, 2.45) is 24.6 Å². The van der Waals surface area contributed by atoms with E-state index in [1.54, 1.807) is 0 Å². The minimum absolute atomic E-state index is 0.508. The van der Waals surface area contributed by atoms with Crippen molar-refractivity contribution in [1.29, 1.82) is 0 Å². The van der Waals surface area contributed by atoms with Crippen LogP contribution in [-0.4, -0.2) is 21.1 Å². The second kappa shape index (κ2) is 5.48. The van der Waals surface area contributed by atoms with E-state index >= 15 is 0 Å². The predicted octanol–water partition coefficient (Wildman–Crippen LogP) is 2.13. The SMILES string of the molecule is CC(C)CC(CN)Cc1nc2cnccc2n1C. The number of pyridine rings is 1. The summed E-state index contributed by atoms with van der Waals surface area (Å²) in [6.07, 6.45) is 5.72. The van der Waals surface area contributed by atoms with Crippen LogP contribution < -0.4 is 5.73 Å². The van der Waals surface area contributed by atoms with E-state index in [-0.39, 0.29) is 0 Å². The van der Waals surface area contributed by atoms with E-state index in [1.165, 1.54) is 0 Å². The Morgan fingerprint density at radius 2 is 2.17 bits per heavy atom. The number of nitrogens with two attached hydrogens (primary N) is 1. The van der Waals surface area contributed by atoms with Crippen LogP contribution in [0.5, 0.6) is 0 Å². The standard InChI is InChI=1S/C14H22N4/c1-10(2)6-11(8-15)7-14-17-12-9-16-5-4-13(12)18(14)3/h4-5,9-11H,6-8,15H2,1-3H3. The fraction of sp³-hybridized carbons (Fsp3) is 0.571. The highest BCUT2D eigenvalue weighted by Crippen LogP contribution is 2.19. The van der Waals surface area contributed by atoms with Crippen LogP contribution in [0.1, 0.15) is 26.1 Å². The van der Waals surface area contributed by atoms with Gasteiger partial charge in [0.1, 0.15) is 11.3 Å². The lowest BCUT2D eigenvalue weighted by molar-refractivity contribution is 0.406. The lowest BCUT2D eigenvalue weighted by Gasteiger charge is -2.16. The van der Waals surface area contributed by atoms with Gasteiger partial charge in [0.25, 0.3) is 0 Å². The zero-order valence-electron chi connectivity index (χ0n) is 11.4. The maximum absolute atomic E-state index is 5.86. The van der Waals surface area contributed by atoms with Gasteiger partial charge in [-0.1, -0.05) is 13.8 Å². The normalized spacial score (nSPS) is 13.4. The molecule has 2 aromatic heterocycles. The average molecular weight is 246 g/mol. The molecule has 1 atom stereocenters. The summed E-state index contributed by atoms with van der Waals surface area (Å²) in [7, 11) is 2.06. The summed E-state index contributed by atoms with van der Waals surface area (Å²) in [5.41, 5.74) is 7.97. The van der Waals surface area contributed by atoms with Crippen molar-refractivity contribution < 1.29 is 0 Å². The number of imidazole rings is 1. The van der Waals surface area contributed by atoms with Crippen molar-refractivity contribution in [2.75, 3.05) is 6.54 Å². The molecule has 1 unspecified atom stereocenters. The molecule has 0 aliphatic heterocycles. The van der Waals surface area contributed by atoms with Crippen LogP contribution in [0.15, 0.2) is 18.5 Å². The van der Waals surface area contributed by atoms with E-state index in [2.05, 4.69) is 35.4 Å². The molecular weight excluding hydrogens is 224 g/mol. The Kier molecular flexibility index (Phi) is 3.97. The van der Waals surface area contributed by atoms with E-state index in [0.717, 1.165) is 36.2 Å². The van der Waals surface area contributed by atoms with E-state index < -0.39 is 0 Å².